The molecule has 0 N–H and O–H groups in total. The molecule has 0 aromatic carbocycles. The lowest BCUT2D eigenvalue weighted by Gasteiger charge is -2.18. The monoisotopic (exact) mass is 318 g/mol. The van der Waals surface area contributed by atoms with Gasteiger partial charge < -0.3 is 28.7 Å². The summed E-state index contributed by atoms with van der Waals surface area (Å²) in [6.45, 7) is 9.81. The van der Waals surface area contributed by atoms with Crippen LogP contribution in [0.2, 0.25) is 0 Å². The van der Waals surface area contributed by atoms with Crippen molar-refractivity contribution in [3.05, 3.63) is 0 Å². The zero-order valence-electron chi connectivity index (χ0n) is 14.4. The summed E-state index contributed by atoms with van der Waals surface area (Å²) in [5, 5.41) is 0. The molecule has 0 bridgehead atoms. The Morgan fingerprint density at radius 2 is 0.818 bits per heavy atom. The van der Waals surface area contributed by atoms with Gasteiger partial charge in [0.1, 0.15) is 0 Å². The average Bonchev–Trinajstić information content (AvgIpc) is 2.50. The summed E-state index contributed by atoms with van der Waals surface area (Å²) in [6.07, 6.45) is 2.09. The Morgan fingerprint density at radius 1 is 0.455 bits per heavy atom. The van der Waals surface area contributed by atoms with E-state index in [1.54, 1.807) is 0 Å². The molecular weight excluding hydrogens is 284 g/mol. The zero-order valence-corrected chi connectivity index (χ0v) is 14.4. The third kappa shape index (κ3) is 12.3. The molecule has 1 aliphatic heterocycles. The third-order valence-corrected chi connectivity index (χ3v) is 3.64. The van der Waals surface area contributed by atoms with Crippen molar-refractivity contribution in [3.63, 3.8) is 0 Å². The molecule has 0 aliphatic carbocycles. The van der Waals surface area contributed by atoms with Gasteiger partial charge in [-0.2, -0.15) is 0 Å². The highest BCUT2D eigenvalue weighted by Gasteiger charge is 2.01. The van der Waals surface area contributed by atoms with E-state index in [1.165, 1.54) is 0 Å². The predicted octanol–water partition coefficient (Wildman–Crippen LogP) is 0.710. The molecule has 6 nitrogen and oxygen atoms in total. The second kappa shape index (κ2) is 14.4. The van der Waals surface area contributed by atoms with Crippen molar-refractivity contribution in [1.29, 1.82) is 0 Å². The van der Waals surface area contributed by atoms with Crippen molar-refractivity contribution >= 4 is 0 Å². The molecule has 132 valence electrons. The van der Waals surface area contributed by atoms with Crippen LogP contribution in [-0.4, -0.2) is 103 Å². The van der Waals surface area contributed by atoms with Gasteiger partial charge in [-0.1, -0.05) is 0 Å². The van der Waals surface area contributed by atoms with Gasteiger partial charge in [0.25, 0.3) is 0 Å². The standard InChI is InChI=1S/C16H34N2O4/c1-17-5-3-9-19-13-14-20-10-4-6-18(2)8-12-22-16-15-21-11-7-17/h3-16H2,1-2H3. The van der Waals surface area contributed by atoms with E-state index in [-0.39, 0.29) is 0 Å². The van der Waals surface area contributed by atoms with E-state index < -0.39 is 0 Å². The molecule has 0 unspecified atom stereocenters. The van der Waals surface area contributed by atoms with Crippen LogP contribution in [0.5, 0.6) is 0 Å². The van der Waals surface area contributed by atoms with Crippen molar-refractivity contribution in [2.24, 2.45) is 0 Å². The normalized spacial score (nSPS) is 24.8. The lowest BCUT2D eigenvalue weighted by atomic mass is 10.4. The Bertz CT molecular complexity index is 220. The molecule has 0 atom stereocenters. The van der Waals surface area contributed by atoms with Crippen molar-refractivity contribution in [3.8, 4) is 0 Å². The van der Waals surface area contributed by atoms with Crippen molar-refractivity contribution < 1.29 is 18.9 Å². The smallest absolute Gasteiger partial charge is 0.0701 e. The Hall–Kier alpha value is -0.240. The fraction of sp³-hybridized carbons (Fsp3) is 1.00. The topological polar surface area (TPSA) is 43.4 Å². The first kappa shape index (κ1) is 19.8. The lowest BCUT2D eigenvalue weighted by Crippen LogP contribution is -2.27. The minimum atomic E-state index is 0.675. The summed E-state index contributed by atoms with van der Waals surface area (Å²) < 4.78 is 22.3. The Labute approximate surface area is 135 Å². The molecule has 1 heterocycles. The van der Waals surface area contributed by atoms with Crippen LogP contribution in [0.4, 0.5) is 0 Å². The van der Waals surface area contributed by atoms with E-state index in [9.17, 15) is 0 Å². The van der Waals surface area contributed by atoms with E-state index in [4.69, 9.17) is 18.9 Å². The summed E-state index contributed by atoms with van der Waals surface area (Å²) in [5.41, 5.74) is 0. The molecule has 22 heavy (non-hydrogen) atoms. The van der Waals surface area contributed by atoms with Crippen LogP contribution in [-0.2, 0) is 18.9 Å². The van der Waals surface area contributed by atoms with Gasteiger partial charge in [0, 0.05) is 39.4 Å². The quantitative estimate of drug-likeness (QED) is 0.655. The second-order valence-corrected chi connectivity index (χ2v) is 5.76. The minimum absolute atomic E-state index is 0.675. The molecule has 0 radical (unpaired) electrons. The molecule has 1 rings (SSSR count). The van der Waals surface area contributed by atoms with Crippen molar-refractivity contribution in [1.82, 2.24) is 9.80 Å². The highest BCUT2D eigenvalue weighted by Crippen LogP contribution is 1.93. The van der Waals surface area contributed by atoms with Crippen LogP contribution in [0, 0.1) is 0 Å². The second-order valence-electron chi connectivity index (χ2n) is 5.76. The maximum Gasteiger partial charge on any atom is 0.0701 e. The van der Waals surface area contributed by atoms with Crippen LogP contribution in [0.3, 0.4) is 0 Å². The summed E-state index contributed by atoms with van der Waals surface area (Å²) in [5.74, 6) is 0. The van der Waals surface area contributed by atoms with Gasteiger partial charge in [-0.05, 0) is 26.9 Å². The Kier molecular flexibility index (Phi) is 12.9. The van der Waals surface area contributed by atoms with E-state index in [0.717, 1.165) is 65.4 Å². The summed E-state index contributed by atoms with van der Waals surface area (Å²) >= 11 is 0. The van der Waals surface area contributed by atoms with Gasteiger partial charge in [0.15, 0.2) is 0 Å². The molecule has 6 heteroatoms. The van der Waals surface area contributed by atoms with E-state index >= 15 is 0 Å². The molecule has 1 saturated heterocycles. The molecule has 0 amide bonds. The number of hydrogen-bond donors (Lipinski definition) is 0. The first-order valence-corrected chi connectivity index (χ1v) is 8.47. The molecule has 0 spiro atoms. The highest BCUT2D eigenvalue weighted by molar-refractivity contribution is 4.52. The first-order chi connectivity index (χ1) is 10.8. The van der Waals surface area contributed by atoms with Crippen LogP contribution in [0.1, 0.15) is 12.8 Å². The van der Waals surface area contributed by atoms with Gasteiger partial charge >= 0.3 is 0 Å². The largest absolute Gasteiger partial charge is 0.379 e. The molecule has 1 fully saturated rings. The predicted molar refractivity (Wildman–Crippen MR) is 87.5 cm³/mol. The Balaban J connectivity index is 2.15. The van der Waals surface area contributed by atoms with Gasteiger partial charge in [-0.15, -0.1) is 0 Å². The lowest BCUT2D eigenvalue weighted by molar-refractivity contribution is 0.0261. The van der Waals surface area contributed by atoms with Gasteiger partial charge in [-0.25, -0.2) is 0 Å². The summed E-state index contributed by atoms with van der Waals surface area (Å²) in [7, 11) is 4.23. The maximum absolute atomic E-state index is 5.58. The highest BCUT2D eigenvalue weighted by atomic mass is 16.5. The summed E-state index contributed by atoms with van der Waals surface area (Å²) in [6, 6.07) is 0. The van der Waals surface area contributed by atoms with Crippen molar-refractivity contribution in [2.45, 2.75) is 12.8 Å². The number of hydrogen-bond acceptors (Lipinski definition) is 6. The van der Waals surface area contributed by atoms with E-state index in [2.05, 4.69) is 23.9 Å². The summed E-state index contributed by atoms with van der Waals surface area (Å²) in [4.78, 5) is 4.54. The van der Waals surface area contributed by atoms with Crippen LogP contribution in [0.15, 0.2) is 0 Å². The fourth-order valence-corrected chi connectivity index (χ4v) is 2.18. The van der Waals surface area contributed by atoms with Crippen LogP contribution < -0.4 is 0 Å². The number of rotatable bonds is 0. The van der Waals surface area contributed by atoms with Gasteiger partial charge in [0.2, 0.25) is 0 Å². The van der Waals surface area contributed by atoms with Crippen molar-refractivity contribution in [2.75, 3.05) is 93.1 Å². The van der Waals surface area contributed by atoms with E-state index in [0.29, 0.717) is 26.4 Å². The minimum Gasteiger partial charge on any atom is -0.379 e. The third-order valence-electron chi connectivity index (χ3n) is 3.64. The SMILES string of the molecule is CN1CCCOCCOCCCN(C)CCOCCOCC1. The van der Waals surface area contributed by atoms with Crippen LogP contribution in [0.25, 0.3) is 0 Å². The van der Waals surface area contributed by atoms with Crippen LogP contribution >= 0.6 is 0 Å². The first-order valence-electron chi connectivity index (χ1n) is 8.47. The maximum atomic E-state index is 5.58. The number of ether oxygens (including phenoxy) is 4. The van der Waals surface area contributed by atoms with Gasteiger partial charge in [0.05, 0.1) is 39.6 Å². The fourth-order valence-electron chi connectivity index (χ4n) is 2.18. The Morgan fingerprint density at radius 3 is 1.23 bits per heavy atom. The number of likely N-dealkylation sites (N-methyl/N-ethyl adjacent to an activating group) is 2. The molecule has 1 aliphatic rings. The molecule has 0 aromatic rings. The molecular formula is C16H34N2O4. The van der Waals surface area contributed by atoms with E-state index in [1.807, 2.05) is 0 Å². The zero-order chi connectivity index (χ0) is 15.9. The molecule has 0 aromatic heterocycles. The van der Waals surface area contributed by atoms with Gasteiger partial charge in [-0.3, -0.25) is 0 Å². The average molecular weight is 318 g/mol. The molecule has 0 saturated carbocycles. The number of nitrogens with zero attached hydrogens (tertiary/aromatic N) is 2.